The molecule has 0 aliphatic rings. The Kier molecular flexibility index (Phi) is 5.11. The number of rotatable bonds is 5. The van der Waals surface area contributed by atoms with Gasteiger partial charge in [-0.1, -0.05) is 54.0 Å². The molecular formula is C19H19BrN4. The van der Waals surface area contributed by atoms with Crippen LogP contribution in [0.4, 0.5) is 23.1 Å². The third-order valence-electron chi connectivity index (χ3n) is 3.58. The average Bonchev–Trinajstić information content (AvgIpc) is 2.55. The van der Waals surface area contributed by atoms with Crippen LogP contribution in [0.2, 0.25) is 0 Å². The second-order valence-electron chi connectivity index (χ2n) is 5.77. The van der Waals surface area contributed by atoms with Gasteiger partial charge in [0, 0.05) is 22.0 Å². The molecule has 4 nitrogen and oxygen atoms in total. The molecule has 0 fully saturated rings. The summed E-state index contributed by atoms with van der Waals surface area (Å²) in [6.45, 7) is 4.35. The van der Waals surface area contributed by atoms with E-state index in [2.05, 4.69) is 56.4 Å². The van der Waals surface area contributed by atoms with Crippen molar-refractivity contribution in [2.24, 2.45) is 0 Å². The fraction of sp³-hybridized carbons (Fsp3) is 0.158. The van der Waals surface area contributed by atoms with Gasteiger partial charge in [-0.15, -0.1) is 0 Å². The third kappa shape index (κ3) is 4.11. The number of halogens is 1. The van der Waals surface area contributed by atoms with Crippen LogP contribution >= 0.6 is 15.9 Å². The maximum Gasteiger partial charge on any atom is 0.229 e. The Bertz CT molecular complexity index is 833. The van der Waals surface area contributed by atoms with Crippen molar-refractivity contribution >= 4 is 39.1 Å². The maximum absolute atomic E-state index is 4.54. The predicted octanol–water partition coefficient (Wildman–Crippen LogP) is 5.85. The molecule has 3 rings (SSSR count). The smallest absolute Gasteiger partial charge is 0.229 e. The lowest BCUT2D eigenvalue weighted by Gasteiger charge is -2.14. The van der Waals surface area contributed by atoms with Crippen LogP contribution in [-0.4, -0.2) is 9.97 Å². The second kappa shape index (κ2) is 7.45. The van der Waals surface area contributed by atoms with Crippen molar-refractivity contribution in [3.05, 3.63) is 70.8 Å². The lowest BCUT2D eigenvalue weighted by molar-refractivity contribution is 0.868. The number of nitrogens with one attached hydrogen (secondary N) is 2. The van der Waals surface area contributed by atoms with Gasteiger partial charge in [-0.05, 0) is 41.8 Å². The molecule has 0 aliphatic carbocycles. The standard InChI is InChI=1S/C19H19BrN4/c1-13(2)16-8-3-4-9-17(16)23-19-21-11-10-18(24-19)22-15-7-5-6-14(20)12-15/h3-13H,1-2H3,(H2,21,22,23,24). The second-order valence-corrected chi connectivity index (χ2v) is 6.68. The van der Waals surface area contributed by atoms with Crippen LogP contribution in [0.1, 0.15) is 25.3 Å². The molecule has 2 N–H and O–H groups in total. The number of benzene rings is 2. The summed E-state index contributed by atoms with van der Waals surface area (Å²) in [6.07, 6.45) is 1.74. The number of hydrogen-bond donors (Lipinski definition) is 2. The molecule has 0 atom stereocenters. The first-order valence-electron chi connectivity index (χ1n) is 7.83. The largest absolute Gasteiger partial charge is 0.340 e. The zero-order valence-corrected chi connectivity index (χ0v) is 15.2. The Morgan fingerprint density at radius 1 is 0.958 bits per heavy atom. The van der Waals surface area contributed by atoms with E-state index >= 15 is 0 Å². The number of para-hydroxylation sites is 1. The monoisotopic (exact) mass is 382 g/mol. The minimum absolute atomic E-state index is 0.427. The van der Waals surface area contributed by atoms with Crippen molar-refractivity contribution < 1.29 is 0 Å². The van der Waals surface area contributed by atoms with E-state index in [-0.39, 0.29) is 0 Å². The van der Waals surface area contributed by atoms with Crippen LogP contribution in [0.3, 0.4) is 0 Å². The summed E-state index contributed by atoms with van der Waals surface area (Å²) in [6, 6.07) is 18.0. The average molecular weight is 383 g/mol. The van der Waals surface area contributed by atoms with Gasteiger partial charge in [0.05, 0.1) is 0 Å². The van der Waals surface area contributed by atoms with Gasteiger partial charge in [-0.3, -0.25) is 0 Å². The highest BCUT2D eigenvalue weighted by Gasteiger charge is 2.07. The van der Waals surface area contributed by atoms with Crippen LogP contribution in [0.5, 0.6) is 0 Å². The Morgan fingerprint density at radius 2 is 1.79 bits per heavy atom. The molecule has 0 saturated carbocycles. The summed E-state index contributed by atoms with van der Waals surface area (Å²) in [4.78, 5) is 8.87. The SMILES string of the molecule is CC(C)c1ccccc1Nc1nccc(Nc2cccc(Br)c2)n1. The van der Waals surface area contributed by atoms with Crippen LogP contribution in [0, 0.1) is 0 Å². The summed E-state index contributed by atoms with van der Waals surface area (Å²) in [5.74, 6) is 1.74. The third-order valence-corrected chi connectivity index (χ3v) is 4.08. The minimum atomic E-state index is 0.427. The van der Waals surface area contributed by atoms with Crippen molar-refractivity contribution in [1.82, 2.24) is 9.97 Å². The number of nitrogens with zero attached hydrogens (tertiary/aromatic N) is 2. The first kappa shape index (κ1) is 16.5. The van der Waals surface area contributed by atoms with Gasteiger partial charge >= 0.3 is 0 Å². The van der Waals surface area contributed by atoms with Crippen LogP contribution in [0.25, 0.3) is 0 Å². The summed E-state index contributed by atoms with van der Waals surface area (Å²) < 4.78 is 1.02. The van der Waals surface area contributed by atoms with E-state index in [1.807, 2.05) is 48.5 Å². The number of aromatic nitrogens is 2. The molecule has 0 radical (unpaired) electrons. The Morgan fingerprint density at radius 3 is 2.58 bits per heavy atom. The van der Waals surface area contributed by atoms with Crippen molar-refractivity contribution in [2.45, 2.75) is 19.8 Å². The molecule has 0 unspecified atom stereocenters. The molecule has 1 aromatic heterocycles. The zero-order chi connectivity index (χ0) is 16.9. The quantitative estimate of drug-likeness (QED) is 0.580. The zero-order valence-electron chi connectivity index (χ0n) is 13.6. The normalized spacial score (nSPS) is 10.7. The van der Waals surface area contributed by atoms with Crippen molar-refractivity contribution in [1.29, 1.82) is 0 Å². The molecule has 0 amide bonds. The topological polar surface area (TPSA) is 49.8 Å². The van der Waals surface area contributed by atoms with Crippen molar-refractivity contribution in [2.75, 3.05) is 10.6 Å². The molecule has 0 saturated heterocycles. The number of hydrogen-bond acceptors (Lipinski definition) is 4. The van der Waals surface area contributed by atoms with Crippen molar-refractivity contribution in [3.63, 3.8) is 0 Å². The van der Waals surface area contributed by atoms with Gasteiger partial charge < -0.3 is 10.6 Å². The Balaban J connectivity index is 1.81. The molecule has 5 heteroatoms. The lowest BCUT2D eigenvalue weighted by atomic mass is 10.0. The van der Waals surface area contributed by atoms with E-state index in [0.717, 1.165) is 21.7 Å². The highest BCUT2D eigenvalue weighted by Crippen LogP contribution is 2.26. The molecule has 0 aliphatic heterocycles. The van der Waals surface area contributed by atoms with E-state index in [9.17, 15) is 0 Å². The van der Waals surface area contributed by atoms with Gasteiger partial charge in [0.1, 0.15) is 5.82 Å². The van der Waals surface area contributed by atoms with Crippen LogP contribution < -0.4 is 10.6 Å². The van der Waals surface area contributed by atoms with Gasteiger partial charge in [0.2, 0.25) is 5.95 Å². The molecule has 0 spiro atoms. The van der Waals surface area contributed by atoms with E-state index in [4.69, 9.17) is 0 Å². The van der Waals surface area contributed by atoms with E-state index < -0.39 is 0 Å². The predicted molar refractivity (Wildman–Crippen MR) is 103 cm³/mol. The highest BCUT2D eigenvalue weighted by atomic mass is 79.9. The summed E-state index contributed by atoms with van der Waals surface area (Å²) in [5, 5.41) is 6.61. The number of anilines is 4. The van der Waals surface area contributed by atoms with Crippen molar-refractivity contribution in [3.8, 4) is 0 Å². The Hall–Kier alpha value is -2.40. The first-order chi connectivity index (χ1) is 11.6. The lowest BCUT2D eigenvalue weighted by Crippen LogP contribution is -2.03. The highest BCUT2D eigenvalue weighted by molar-refractivity contribution is 9.10. The fourth-order valence-electron chi connectivity index (χ4n) is 2.44. The molecule has 24 heavy (non-hydrogen) atoms. The molecule has 2 aromatic carbocycles. The fourth-order valence-corrected chi connectivity index (χ4v) is 2.84. The molecular weight excluding hydrogens is 364 g/mol. The van der Waals surface area contributed by atoms with Crippen LogP contribution in [-0.2, 0) is 0 Å². The maximum atomic E-state index is 4.54. The van der Waals surface area contributed by atoms with Crippen LogP contribution in [0.15, 0.2) is 65.3 Å². The minimum Gasteiger partial charge on any atom is -0.340 e. The summed E-state index contributed by atoms with van der Waals surface area (Å²) in [7, 11) is 0. The van der Waals surface area contributed by atoms with E-state index in [1.165, 1.54) is 5.56 Å². The van der Waals surface area contributed by atoms with Gasteiger partial charge in [0.25, 0.3) is 0 Å². The molecule has 1 heterocycles. The molecule has 0 bridgehead atoms. The summed E-state index contributed by atoms with van der Waals surface area (Å²) in [5.41, 5.74) is 3.25. The first-order valence-corrected chi connectivity index (χ1v) is 8.63. The van der Waals surface area contributed by atoms with E-state index in [0.29, 0.717) is 11.9 Å². The van der Waals surface area contributed by atoms with Gasteiger partial charge in [-0.25, -0.2) is 4.98 Å². The van der Waals surface area contributed by atoms with Gasteiger partial charge in [-0.2, -0.15) is 4.98 Å². The van der Waals surface area contributed by atoms with E-state index in [1.54, 1.807) is 6.20 Å². The summed E-state index contributed by atoms with van der Waals surface area (Å²) >= 11 is 3.47. The Labute approximate surface area is 150 Å². The molecule has 3 aromatic rings. The van der Waals surface area contributed by atoms with Gasteiger partial charge in [0.15, 0.2) is 0 Å². The molecule has 122 valence electrons.